The molecule has 3 rings (SSSR count). The number of hydrogen-bond donors (Lipinski definition) is 1. The molecule has 1 nitrogen and oxygen atoms in total. The van der Waals surface area contributed by atoms with Crippen LogP contribution in [0.15, 0.2) is 29.2 Å². The van der Waals surface area contributed by atoms with Crippen molar-refractivity contribution in [3.63, 3.8) is 0 Å². The van der Waals surface area contributed by atoms with E-state index in [-0.39, 0.29) is 0 Å². The molecular weight excluding hydrogens is 214 g/mol. The third kappa shape index (κ3) is 1.89. The fourth-order valence-corrected chi connectivity index (χ4v) is 3.70. The Kier molecular flexibility index (Phi) is 2.72. The van der Waals surface area contributed by atoms with Crippen molar-refractivity contribution in [3.8, 4) is 0 Å². The molecule has 0 spiro atoms. The molecule has 1 N–H and O–H groups in total. The van der Waals surface area contributed by atoms with Gasteiger partial charge in [0, 0.05) is 23.2 Å². The highest BCUT2D eigenvalue weighted by Crippen LogP contribution is 2.48. The second kappa shape index (κ2) is 4.08. The van der Waals surface area contributed by atoms with Crippen LogP contribution in [0.2, 0.25) is 0 Å². The lowest BCUT2D eigenvalue weighted by molar-refractivity contribution is 0.418. The summed E-state index contributed by atoms with van der Waals surface area (Å²) in [7, 11) is 0. The molecule has 0 aromatic heterocycles. The van der Waals surface area contributed by atoms with Gasteiger partial charge in [-0.2, -0.15) is 0 Å². The molecule has 1 aromatic carbocycles. The third-order valence-electron chi connectivity index (χ3n) is 4.13. The lowest BCUT2D eigenvalue weighted by Crippen LogP contribution is -2.28. The van der Waals surface area contributed by atoms with Crippen molar-refractivity contribution in [3.05, 3.63) is 29.8 Å². The van der Waals surface area contributed by atoms with Gasteiger partial charge in [0.25, 0.3) is 0 Å². The largest absolute Gasteiger partial charge is 0.309 e. The Hall–Kier alpha value is -0.470. The molecule has 1 fully saturated rings. The number of benzene rings is 1. The zero-order chi connectivity index (χ0) is 11.0. The minimum Gasteiger partial charge on any atom is -0.309 e. The number of fused-ring (bicyclic) bond motifs is 1. The standard InChI is InChI=1S/C14H19NS/c1-2-14(7-8-14)10-15-12-9-16-13-6-4-3-5-11(12)13/h3-6,12,15H,2,7-10H2,1H3. The van der Waals surface area contributed by atoms with Crippen molar-refractivity contribution >= 4 is 11.8 Å². The monoisotopic (exact) mass is 233 g/mol. The Morgan fingerprint density at radius 1 is 1.38 bits per heavy atom. The number of rotatable bonds is 4. The Morgan fingerprint density at radius 2 is 2.19 bits per heavy atom. The number of nitrogens with one attached hydrogen (secondary N) is 1. The smallest absolute Gasteiger partial charge is 0.0426 e. The van der Waals surface area contributed by atoms with Crippen molar-refractivity contribution in [1.29, 1.82) is 0 Å². The summed E-state index contributed by atoms with van der Waals surface area (Å²) in [4.78, 5) is 1.47. The van der Waals surface area contributed by atoms with E-state index < -0.39 is 0 Å². The predicted octanol–water partition coefficient (Wildman–Crippen LogP) is 3.61. The SMILES string of the molecule is CCC1(CNC2CSc3ccccc32)CC1. The highest BCUT2D eigenvalue weighted by Gasteiger charge is 2.40. The van der Waals surface area contributed by atoms with Gasteiger partial charge in [0.05, 0.1) is 0 Å². The van der Waals surface area contributed by atoms with E-state index in [1.807, 2.05) is 11.8 Å². The van der Waals surface area contributed by atoms with Crippen LogP contribution in [0, 0.1) is 5.41 Å². The van der Waals surface area contributed by atoms with Gasteiger partial charge in [-0.15, -0.1) is 11.8 Å². The molecule has 0 radical (unpaired) electrons. The summed E-state index contributed by atoms with van der Waals surface area (Å²) in [5, 5.41) is 3.77. The van der Waals surface area contributed by atoms with Gasteiger partial charge >= 0.3 is 0 Å². The molecule has 0 bridgehead atoms. The fourth-order valence-electron chi connectivity index (χ4n) is 2.50. The van der Waals surface area contributed by atoms with Crippen molar-refractivity contribution in [2.75, 3.05) is 12.3 Å². The zero-order valence-corrected chi connectivity index (χ0v) is 10.6. The Morgan fingerprint density at radius 3 is 2.94 bits per heavy atom. The molecule has 2 aliphatic rings. The van der Waals surface area contributed by atoms with Gasteiger partial charge < -0.3 is 5.32 Å². The van der Waals surface area contributed by atoms with Crippen molar-refractivity contribution in [1.82, 2.24) is 5.32 Å². The first kappa shape index (κ1) is 10.7. The van der Waals surface area contributed by atoms with Gasteiger partial charge in [-0.25, -0.2) is 0 Å². The summed E-state index contributed by atoms with van der Waals surface area (Å²) < 4.78 is 0. The molecule has 1 aliphatic carbocycles. The normalized spacial score (nSPS) is 25.4. The molecule has 0 saturated heterocycles. The molecule has 2 heteroatoms. The second-order valence-electron chi connectivity index (χ2n) is 5.14. The average molecular weight is 233 g/mol. The predicted molar refractivity (Wildman–Crippen MR) is 69.9 cm³/mol. The van der Waals surface area contributed by atoms with Gasteiger partial charge in [0.15, 0.2) is 0 Å². The van der Waals surface area contributed by atoms with Crippen LogP contribution in [0.25, 0.3) is 0 Å². The zero-order valence-electron chi connectivity index (χ0n) is 9.83. The topological polar surface area (TPSA) is 12.0 Å². The molecule has 1 heterocycles. The molecular formula is C14H19NS. The maximum atomic E-state index is 3.77. The highest BCUT2D eigenvalue weighted by molar-refractivity contribution is 7.99. The van der Waals surface area contributed by atoms with Crippen LogP contribution >= 0.6 is 11.8 Å². The van der Waals surface area contributed by atoms with E-state index in [9.17, 15) is 0 Å². The molecule has 0 amide bonds. The summed E-state index contributed by atoms with van der Waals surface area (Å²) in [5.41, 5.74) is 2.17. The van der Waals surface area contributed by atoms with E-state index in [2.05, 4.69) is 36.5 Å². The first-order chi connectivity index (χ1) is 7.83. The van der Waals surface area contributed by atoms with Crippen LogP contribution in [0.1, 0.15) is 37.8 Å². The number of thioether (sulfide) groups is 1. The van der Waals surface area contributed by atoms with Crippen LogP contribution < -0.4 is 5.32 Å². The van der Waals surface area contributed by atoms with Gasteiger partial charge in [-0.3, -0.25) is 0 Å². The first-order valence-corrected chi connectivity index (χ1v) is 7.27. The van der Waals surface area contributed by atoms with Crippen molar-refractivity contribution in [2.24, 2.45) is 5.41 Å². The molecule has 16 heavy (non-hydrogen) atoms. The lowest BCUT2D eigenvalue weighted by atomic mass is 10.0. The van der Waals surface area contributed by atoms with E-state index in [4.69, 9.17) is 0 Å². The minimum absolute atomic E-state index is 0.588. The van der Waals surface area contributed by atoms with Crippen LogP contribution in [-0.2, 0) is 0 Å². The van der Waals surface area contributed by atoms with E-state index in [0.29, 0.717) is 11.5 Å². The quantitative estimate of drug-likeness (QED) is 0.852. The second-order valence-corrected chi connectivity index (χ2v) is 6.20. The van der Waals surface area contributed by atoms with E-state index >= 15 is 0 Å². The summed E-state index contributed by atoms with van der Waals surface area (Å²) >= 11 is 1.99. The Bertz CT molecular complexity index is 384. The Balaban J connectivity index is 1.65. The van der Waals surface area contributed by atoms with Crippen LogP contribution in [0.4, 0.5) is 0 Å². The maximum Gasteiger partial charge on any atom is 0.0426 e. The van der Waals surface area contributed by atoms with Crippen LogP contribution in [0.5, 0.6) is 0 Å². The van der Waals surface area contributed by atoms with E-state index in [1.54, 1.807) is 0 Å². The fraction of sp³-hybridized carbons (Fsp3) is 0.571. The molecule has 1 unspecified atom stereocenters. The van der Waals surface area contributed by atoms with E-state index in [1.165, 1.54) is 42.0 Å². The first-order valence-electron chi connectivity index (χ1n) is 6.28. The van der Waals surface area contributed by atoms with Gasteiger partial charge in [-0.1, -0.05) is 25.1 Å². The van der Waals surface area contributed by atoms with Gasteiger partial charge in [-0.05, 0) is 36.3 Å². The molecule has 1 atom stereocenters. The van der Waals surface area contributed by atoms with Crippen LogP contribution in [-0.4, -0.2) is 12.3 Å². The summed E-state index contributed by atoms with van der Waals surface area (Å²) in [6.45, 7) is 3.54. The lowest BCUT2D eigenvalue weighted by Gasteiger charge is -2.18. The highest BCUT2D eigenvalue weighted by atomic mass is 32.2. The molecule has 86 valence electrons. The molecule has 1 aromatic rings. The average Bonchev–Trinajstić information content (AvgIpc) is 3.01. The maximum absolute atomic E-state index is 3.77. The van der Waals surface area contributed by atoms with Gasteiger partial charge in [0.2, 0.25) is 0 Å². The summed E-state index contributed by atoms with van der Waals surface area (Å²) in [6, 6.07) is 9.41. The molecule has 1 saturated carbocycles. The summed E-state index contributed by atoms with van der Waals surface area (Å²) in [6.07, 6.45) is 4.19. The van der Waals surface area contributed by atoms with Crippen LogP contribution in [0.3, 0.4) is 0 Å². The number of hydrogen-bond acceptors (Lipinski definition) is 2. The third-order valence-corrected chi connectivity index (χ3v) is 5.31. The van der Waals surface area contributed by atoms with E-state index in [0.717, 1.165) is 0 Å². The van der Waals surface area contributed by atoms with Gasteiger partial charge in [0.1, 0.15) is 0 Å². The minimum atomic E-state index is 0.588. The van der Waals surface area contributed by atoms with Crippen molar-refractivity contribution in [2.45, 2.75) is 37.1 Å². The summed E-state index contributed by atoms with van der Waals surface area (Å²) in [5.74, 6) is 1.21. The molecule has 1 aliphatic heterocycles. The van der Waals surface area contributed by atoms with Crippen molar-refractivity contribution < 1.29 is 0 Å². The Labute approximate surface area is 102 Å².